The first-order valence-corrected chi connectivity index (χ1v) is 12.1. The fourth-order valence-electron chi connectivity index (χ4n) is 3.38. The lowest BCUT2D eigenvalue weighted by atomic mass is 10.0. The van der Waals surface area contributed by atoms with Crippen LogP contribution >= 0.6 is 23.1 Å². The molecule has 152 valence electrons. The van der Waals surface area contributed by atoms with Gasteiger partial charge in [-0.15, -0.1) is 21.5 Å². The Morgan fingerprint density at radius 2 is 1.93 bits per heavy atom. The van der Waals surface area contributed by atoms with E-state index >= 15 is 0 Å². The van der Waals surface area contributed by atoms with Crippen molar-refractivity contribution in [3.63, 3.8) is 0 Å². The zero-order chi connectivity index (χ0) is 20.5. The third-order valence-electron chi connectivity index (χ3n) is 5.22. The molecule has 4 aromatic rings. The highest BCUT2D eigenvalue weighted by Crippen LogP contribution is 2.41. The molecule has 7 heteroatoms. The van der Waals surface area contributed by atoms with Crippen LogP contribution in [0.2, 0.25) is 0 Å². The molecule has 0 bridgehead atoms. The summed E-state index contributed by atoms with van der Waals surface area (Å²) < 4.78 is 2.28. The molecule has 0 atom stereocenters. The summed E-state index contributed by atoms with van der Waals surface area (Å²) in [6.45, 7) is 4.43. The van der Waals surface area contributed by atoms with Crippen molar-refractivity contribution < 1.29 is 0 Å². The van der Waals surface area contributed by atoms with Crippen LogP contribution in [0.25, 0.3) is 22.0 Å². The third-order valence-corrected chi connectivity index (χ3v) is 7.14. The van der Waals surface area contributed by atoms with Gasteiger partial charge in [0.2, 0.25) is 0 Å². The normalized spacial score (nSPS) is 13.8. The van der Waals surface area contributed by atoms with Crippen LogP contribution in [0.5, 0.6) is 0 Å². The topological polar surface area (TPSA) is 56.5 Å². The van der Waals surface area contributed by atoms with Gasteiger partial charge in [0.05, 0.1) is 5.69 Å². The fourth-order valence-corrected chi connectivity index (χ4v) is 5.21. The average Bonchev–Trinajstić information content (AvgIpc) is 3.34. The monoisotopic (exact) mass is 433 g/mol. The first-order valence-electron chi connectivity index (χ1n) is 10.2. The van der Waals surface area contributed by atoms with Gasteiger partial charge in [0.25, 0.3) is 0 Å². The standard InChI is InChI=1S/C23H23N5S2/c1-15(2)16-5-7-17(8-6-16)22-25-19(13-29-22)14-30-23-27-26-21(28(23)20-9-10-20)18-4-3-11-24-12-18/h3-8,11-13,15,20H,9-10,14H2,1-2H3. The number of thiazole rings is 1. The Bertz CT molecular complexity index is 1130. The highest BCUT2D eigenvalue weighted by Gasteiger charge is 2.30. The van der Waals surface area contributed by atoms with E-state index in [4.69, 9.17) is 4.98 Å². The molecule has 5 rings (SSSR count). The number of nitrogens with zero attached hydrogens (tertiary/aromatic N) is 5. The Labute approximate surface area is 184 Å². The molecule has 5 nitrogen and oxygen atoms in total. The van der Waals surface area contributed by atoms with Gasteiger partial charge in [-0.25, -0.2) is 4.98 Å². The van der Waals surface area contributed by atoms with E-state index < -0.39 is 0 Å². The van der Waals surface area contributed by atoms with Crippen LogP contribution in [0.1, 0.15) is 49.9 Å². The smallest absolute Gasteiger partial charge is 0.192 e. The molecule has 30 heavy (non-hydrogen) atoms. The van der Waals surface area contributed by atoms with Crippen molar-refractivity contribution in [3.05, 3.63) is 65.4 Å². The zero-order valence-corrected chi connectivity index (χ0v) is 18.7. The molecule has 1 aliphatic rings. The second-order valence-electron chi connectivity index (χ2n) is 7.86. The minimum absolute atomic E-state index is 0.503. The van der Waals surface area contributed by atoms with Crippen LogP contribution in [0.3, 0.4) is 0 Å². The van der Waals surface area contributed by atoms with Crippen molar-refractivity contribution in [3.8, 4) is 22.0 Å². The fraction of sp³-hybridized carbons (Fsp3) is 0.304. The number of benzene rings is 1. The van der Waals surface area contributed by atoms with E-state index in [-0.39, 0.29) is 0 Å². The highest BCUT2D eigenvalue weighted by atomic mass is 32.2. The minimum Gasteiger partial charge on any atom is -0.299 e. The Balaban J connectivity index is 1.32. The molecule has 3 aromatic heterocycles. The molecule has 0 N–H and O–H groups in total. The summed E-state index contributed by atoms with van der Waals surface area (Å²) in [5.74, 6) is 2.25. The van der Waals surface area contributed by atoms with Gasteiger partial charge in [-0.3, -0.25) is 9.55 Å². The van der Waals surface area contributed by atoms with Gasteiger partial charge in [-0.2, -0.15) is 0 Å². The van der Waals surface area contributed by atoms with Crippen molar-refractivity contribution >= 4 is 23.1 Å². The quantitative estimate of drug-likeness (QED) is 0.324. The number of hydrogen-bond acceptors (Lipinski definition) is 6. The predicted molar refractivity (Wildman–Crippen MR) is 123 cm³/mol. The zero-order valence-electron chi connectivity index (χ0n) is 17.0. The Morgan fingerprint density at radius 3 is 2.63 bits per heavy atom. The predicted octanol–water partition coefficient (Wildman–Crippen LogP) is 6.21. The maximum Gasteiger partial charge on any atom is 0.192 e. The molecule has 1 aliphatic carbocycles. The Hall–Kier alpha value is -2.51. The van der Waals surface area contributed by atoms with Crippen LogP contribution in [0.15, 0.2) is 59.3 Å². The number of pyridine rings is 1. The van der Waals surface area contributed by atoms with Crippen molar-refractivity contribution in [2.45, 2.75) is 49.6 Å². The lowest BCUT2D eigenvalue weighted by Gasteiger charge is -2.08. The lowest BCUT2D eigenvalue weighted by Crippen LogP contribution is -2.00. The van der Waals surface area contributed by atoms with Crippen LogP contribution in [-0.4, -0.2) is 24.7 Å². The van der Waals surface area contributed by atoms with Crippen LogP contribution in [-0.2, 0) is 5.75 Å². The Kier molecular flexibility index (Phi) is 5.39. The molecule has 0 aliphatic heterocycles. The minimum atomic E-state index is 0.503. The molecule has 3 heterocycles. The van der Waals surface area contributed by atoms with E-state index in [9.17, 15) is 0 Å². The van der Waals surface area contributed by atoms with Crippen molar-refractivity contribution in [2.24, 2.45) is 0 Å². The van der Waals surface area contributed by atoms with Crippen molar-refractivity contribution in [1.29, 1.82) is 0 Å². The molecule has 0 unspecified atom stereocenters. The highest BCUT2D eigenvalue weighted by molar-refractivity contribution is 7.98. The maximum atomic E-state index is 4.86. The summed E-state index contributed by atoms with van der Waals surface area (Å²) in [7, 11) is 0. The van der Waals surface area contributed by atoms with E-state index in [0.29, 0.717) is 12.0 Å². The van der Waals surface area contributed by atoms with Crippen molar-refractivity contribution in [1.82, 2.24) is 24.7 Å². The number of rotatable bonds is 7. The molecule has 0 spiro atoms. The molecule has 0 amide bonds. The molecule has 1 saturated carbocycles. The second-order valence-corrected chi connectivity index (χ2v) is 9.66. The average molecular weight is 434 g/mol. The summed E-state index contributed by atoms with van der Waals surface area (Å²) in [5.41, 5.74) is 4.64. The third kappa shape index (κ3) is 4.04. The van der Waals surface area contributed by atoms with Crippen molar-refractivity contribution in [2.75, 3.05) is 0 Å². The van der Waals surface area contributed by atoms with E-state index in [0.717, 1.165) is 33.0 Å². The molecule has 1 fully saturated rings. The van der Waals surface area contributed by atoms with Crippen LogP contribution < -0.4 is 0 Å². The molecule has 0 radical (unpaired) electrons. The molecule has 1 aromatic carbocycles. The molecule has 0 saturated heterocycles. The van der Waals surface area contributed by atoms with E-state index in [1.807, 2.05) is 18.3 Å². The summed E-state index contributed by atoms with van der Waals surface area (Å²) >= 11 is 3.41. The lowest BCUT2D eigenvalue weighted by molar-refractivity contribution is 0.669. The summed E-state index contributed by atoms with van der Waals surface area (Å²) in [5, 5.41) is 13.1. The molecular weight excluding hydrogens is 410 g/mol. The second kappa shape index (κ2) is 8.32. The summed E-state index contributed by atoms with van der Waals surface area (Å²) in [6, 6.07) is 13.2. The maximum absolute atomic E-state index is 4.86. The van der Waals surface area contributed by atoms with Gasteiger partial charge in [-0.1, -0.05) is 49.9 Å². The first-order chi connectivity index (χ1) is 14.7. The Morgan fingerprint density at radius 1 is 1.10 bits per heavy atom. The van der Waals surface area contributed by atoms with E-state index in [1.54, 1.807) is 29.3 Å². The largest absolute Gasteiger partial charge is 0.299 e. The van der Waals surface area contributed by atoms with E-state index in [1.165, 1.54) is 24.0 Å². The number of thioether (sulfide) groups is 1. The van der Waals surface area contributed by atoms with Gasteiger partial charge in [0.15, 0.2) is 11.0 Å². The van der Waals surface area contributed by atoms with Gasteiger partial charge in [0.1, 0.15) is 5.01 Å². The van der Waals surface area contributed by atoms with Gasteiger partial charge < -0.3 is 0 Å². The van der Waals surface area contributed by atoms with E-state index in [2.05, 4.69) is 63.2 Å². The molecular formula is C23H23N5S2. The van der Waals surface area contributed by atoms with Crippen LogP contribution in [0, 0.1) is 0 Å². The first kappa shape index (κ1) is 19.5. The number of aromatic nitrogens is 5. The van der Waals surface area contributed by atoms with Gasteiger partial charge >= 0.3 is 0 Å². The SMILES string of the molecule is CC(C)c1ccc(-c2nc(CSc3nnc(-c4cccnc4)n3C3CC3)cs2)cc1. The summed E-state index contributed by atoms with van der Waals surface area (Å²) in [6.07, 6.45) is 6.01. The van der Waals surface area contributed by atoms with Gasteiger partial charge in [-0.05, 0) is 36.5 Å². The summed E-state index contributed by atoms with van der Waals surface area (Å²) in [4.78, 5) is 9.09. The van der Waals surface area contributed by atoms with Crippen LogP contribution in [0.4, 0.5) is 0 Å². The number of hydrogen-bond donors (Lipinski definition) is 0. The van der Waals surface area contributed by atoms with Gasteiger partial charge in [0, 0.05) is 40.7 Å².